The molecule has 4 N–H and O–H groups in total. The second-order valence-electron chi connectivity index (χ2n) is 18.8. The number of nitrogens with zero attached hydrogens (tertiary/aromatic N) is 2. The predicted molar refractivity (Wildman–Crippen MR) is 199 cm³/mol. The molecule has 53 heavy (non-hydrogen) atoms. The number of hydrogen-bond acceptors (Lipinski definition) is 7. The molecule has 7 fully saturated rings. The lowest BCUT2D eigenvalue weighted by atomic mass is 9.70. The van der Waals surface area contributed by atoms with Gasteiger partial charge in [-0.05, 0) is 86.4 Å². The van der Waals surface area contributed by atoms with E-state index < -0.39 is 62.7 Å². The number of likely N-dealkylation sites (tertiary alicyclic amines) is 1. The lowest BCUT2D eigenvalue weighted by Crippen LogP contribution is -2.65. The minimum absolute atomic E-state index is 0.0175. The van der Waals surface area contributed by atoms with E-state index in [0.29, 0.717) is 25.8 Å². The number of ketones is 1. The van der Waals surface area contributed by atoms with Crippen molar-refractivity contribution in [3.8, 4) is 0 Å². The second kappa shape index (κ2) is 14.4. The van der Waals surface area contributed by atoms with Crippen LogP contribution in [-0.4, -0.2) is 102 Å². The topological polar surface area (TPSA) is 174 Å². The molecular formula is C39H62N6O7S. The maximum absolute atomic E-state index is 15.0. The summed E-state index contributed by atoms with van der Waals surface area (Å²) in [6.45, 7) is 6.61. The van der Waals surface area contributed by atoms with Gasteiger partial charge in [0.1, 0.15) is 12.1 Å². The number of nitrogens with one attached hydrogen (secondary N) is 4. The third kappa shape index (κ3) is 8.28. The van der Waals surface area contributed by atoms with Crippen molar-refractivity contribution >= 4 is 39.6 Å². The third-order valence-electron chi connectivity index (χ3n) is 14.2. The maximum Gasteiger partial charge on any atom is 0.315 e. The average Bonchev–Trinajstić information content (AvgIpc) is 3.91. The SMILES string of the molecule is CN(C1CC1)S(=O)(=O)CC1(NC(=O)N[C@H](C(=O)N2C[C@H]3[C@@H]([C@H]2C(=O)N[C@@H](CC2CC2)C(=O)C(=O)NC2CC2)C3(C)C)C2(C)CCCCC2)CCCCC1. The molecule has 0 radical (unpaired) electrons. The van der Waals surface area contributed by atoms with E-state index in [0.717, 1.165) is 89.9 Å². The van der Waals surface area contributed by atoms with Crippen LogP contribution in [0.3, 0.4) is 0 Å². The molecule has 5 atom stereocenters. The summed E-state index contributed by atoms with van der Waals surface area (Å²) < 4.78 is 28.5. The van der Waals surface area contributed by atoms with Crippen molar-refractivity contribution < 1.29 is 32.4 Å². The Kier molecular flexibility index (Phi) is 10.5. The zero-order chi connectivity index (χ0) is 37.9. The highest BCUT2D eigenvalue weighted by molar-refractivity contribution is 7.89. The molecule has 13 nitrogen and oxygen atoms in total. The molecule has 1 saturated heterocycles. The number of carbonyl (C=O) groups is 5. The summed E-state index contributed by atoms with van der Waals surface area (Å²) >= 11 is 0. The Labute approximate surface area is 315 Å². The van der Waals surface area contributed by atoms with Crippen molar-refractivity contribution in [1.29, 1.82) is 0 Å². The van der Waals surface area contributed by atoms with Crippen LogP contribution in [0.25, 0.3) is 0 Å². The molecule has 1 heterocycles. The molecule has 14 heteroatoms. The predicted octanol–water partition coefficient (Wildman–Crippen LogP) is 3.37. The molecule has 5 amide bonds. The fraction of sp³-hybridized carbons (Fsp3) is 0.872. The minimum Gasteiger partial charge on any atom is -0.347 e. The molecule has 0 spiro atoms. The summed E-state index contributed by atoms with van der Waals surface area (Å²) in [4.78, 5) is 71.3. The first kappa shape index (κ1) is 38.5. The smallest absolute Gasteiger partial charge is 0.315 e. The molecule has 296 valence electrons. The van der Waals surface area contributed by atoms with Crippen LogP contribution in [0, 0.1) is 28.6 Å². The number of urea groups is 1. The fourth-order valence-corrected chi connectivity index (χ4v) is 12.0. The monoisotopic (exact) mass is 758 g/mol. The number of Topliss-reactive ketones (excluding diaryl/α,β-unsaturated/α-hetero) is 1. The molecule has 0 bridgehead atoms. The molecule has 6 saturated carbocycles. The largest absolute Gasteiger partial charge is 0.347 e. The second-order valence-corrected chi connectivity index (χ2v) is 20.9. The van der Waals surface area contributed by atoms with E-state index in [9.17, 15) is 32.4 Å². The van der Waals surface area contributed by atoms with Crippen molar-refractivity contribution in [3.05, 3.63) is 0 Å². The molecule has 0 aromatic carbocycles. The van der Waals surface area contributed by atoms with Gasteiger partial charge >= 0.3 is 6.03 Å². The van der Waals surface area contributed by atoms with Gasteiger partial charge in [0.2, 0.25) is 27.6 Å². The normalized spacial score (nSPS) is 29.7. The molecule has 0 unspecified atom stereocenters. The van der Waals surface area contributed by atoms with Gasteiger partial charge in [-0.25, -0.2) is 17.5 Å². The number of rotatable bonds is 15. The number of carbonyl (C=O) groups excluding carboxylic acids is 5. The first-order chi connectivity index (χ1) is 25.0. The summed E-state index contributed by atoms with van der Waals surface area (Å²) in [6, 6.07) is -3.24. The molecule has 7 aliphatic rings. The van der Waals surface area contributed by atoms with Crippen molar-refractivity contribution in [3.63, 3.8) is 0 Å². The lowest BCUT2D eigenvalue weighted by molar-refractivity contribution is -0.146. The van der Waals surface area contributed by atoms with E-state index in [-0.39, 0.29) is 46.9 Å². The van der Waals surface area contributed by atoms with Crippen molar-refractivity contribution in [1.82, 2.24) is 30.5 Å². The van der Waals surface area contributed by atoms with Gasteiger partial charge in [0.15, 0.2) is 0 Å². The highest BCUT2D eigenvalue weighted by atomic mass is 32.2. The third-order valence-corrected chi connectivity index (χ3v) is 16.3. The van der Waals surface area contributed by atoms with Crippen LogP contribution in [-0.2, 0) is 29.2 Å². The van der Waals surface area contributed by atoms with Crippen molar-refractivity contribution in [2.75, 3.05) is 19.3 Å². The van der Waals surface area contributed by atoms with Gasteiger partial charge in [0.05, 0.1) is 17.3 Å². The number of amides is 5. The van der Waals surface area contributed by atoms with Crippen LogP contribution in [0.2, 0.25) is 0 Å². The van der Waals surface area contributed by atoms with E-state index in [2.05, 4.69) is 35.1 Å². The van der Waals surface area contributed by atoms with Gasteiger partial charge in [-0.2, -0.15) is 0 Å². The fourth-order valence-electron chi connectivity index (χ4n) is 10.0. The first-order valence-electron chi connectivity index (χ1n) is 20.5. The summed E-state index contributed by atoms with van der Waals surface area (Å²) in [5.74, 6) is -1.96. The molecule has 1 aliphatic heterocycles. The summed E-state index contributed by atoms with van der Waals surface area (Å²) in [7, 11) is -2.00. The number of piperidine rings is 1. The zero-order valence-corrected chi connectivity index (χ0v) is 33.0. The number of hydrogen-bond donors (Lipinski definition) is 4. The van der Waals surface area contributed by atoms with Crippen LogP contribution in [0.1, 0.15) is 130 Å². The van der Waals surface area contributed by atoms with Gasteiger partial charge in [0.25, 0.3) is 5.91 Å². The molecule has 6 aliphatic carbocycles. The average molecular weight is 759 g/mol. The highest BCUT2D eigenvalue weighted by Gasteiger charge is 2.70. The van der Waals surface area contributed by atoms with Gasteiger partial charge in [-0.1, -0.05) is 72.1 Å². The van der Waals surface area contributed by atoms with Crippen LogP contribution in [0.4, 0.5) is 4.79 Å². The summed E-state index contributed by atoms with van der Waals surface area (Å²) in [6.07, 6.45) is 13.7. The van der Waals surface area contributed by atoms with E-state index in [1.807, 2.05) is 6.92 Å². The van der Waals surface area contributed by atoms with E-state index in [4.69, 9.17) is 0 Å². The van der Waals surface area contributed by atoms with Crippen LogP contribution in [0.5, 0.6) is 0 Å². The van der Waals surface area contributed by atoms with E-state index >= 15 is 0 Å². The molecule has 7 rings (SSSR count). The molecule has 0 aromatic heterocycles. The van der Waals surface area contributed by atoms with Gasteiger partial charge in [-0.3, -0.25) is 19.2 Å². The Morgan fingerprint density at radius 3 is 2.04 bits per heavy atom. The van der Waals surface area contributed by atoms with Gasteiger partial charge in [-0.15, -0.1) is 0 Å². The van der Waals surface area contributed by atoms with Gasteiger partial charge in [0, 0.05) is 25.7 Å². The Balaban J connectivity index is 1.11. The quantitative estimate of drug-likeness (QED) is 0.185. The van der Waals surface area contributed by atoms with Crippen LogP contribution >= 0.6 is 0 Å². The number of sulfonamides is 1. The Bertz CT molecular complexity index is 1580. The molecule has 0 aromatic rings. The van der Waals surface area contributed by atoms with E-state index in [1.165, 1.54) is 4.31 Å². The van der Waals surface area contributed by atoms with Crippen molar-refractivity contribution in [2.24, 2.45) is 28.6 Å². The first-order valence-corrected chi connectivity index (χ1v) is 22.1. The van der Waals surface area contributed by atoms with Gasteiger partial charge < -0.3 is 26.2 Å². The maximum atomic E-state index is 15.0. The highest BCUT2D eigenvalue weighted by Crippen LogP contribution is 2.65. The van der Waals surface area contributed by atoms with Crippen LogP contribution in [0.15, 0.2) is 0 Å². The van der Waals surface area contributed by atoms with Crippen LogP contribution < -0.4 is 21.3 Å². The Morgan fingerprint density at radius 2 is 1.45 bits per heavy atom. The Morgan fingerprint density at radius 1 is 0.830 bits per heavy atom. The lowest BCUT2D eigenvalue weighted by Gasteiger charge is -2.44. The molecular weight excluding hydrogens is 697 g/mol. The Hall–Kier alpha value is -2.74. The summed E-state index contributed by atoms with van der Waals surface area (Å²) in [5.41, 5.74) is -1.69. The zero-order valence-electron chi connectivity index (χ0n) is 32.2. The minimum atomic E-state index is -3.63. The summed E-state index contributed by atoms with van der Waals surface area (Å²) in [5, 5.41) is 11.9. The van der Waals surface area contributed by atoms with E-state index in [1.54, 1.807) is 11.9 Å². The number of fused-ring (bicyclic) bond motifs is 1. The standard InChI is InChI=1S/C39H62N6O7S/c1-37(2)27-22-45(30(29(27)37)33(47)41-28(21-24-11-12-24)31(46)34(48)40-25-13-14-25)35(49)32(38(3)17-7-5-8-18-38)42-36(50)43-39(19-9-6-10-20-39)23-53(51,52)44(4)26-15-16-26/h24-30,32H,5-23H2,1-4H3,(H,40,48)(H,41,47)(H2,42,43,50)/t27-,28-,29-,30-,32+/m0/s1. The van der Waals surface area contributed by atoms with Crippen molar-refractivity contribution in [2.45, 2.75) is 166 Å².